The van der Waals surface area contributed by atoms with Crippen LogP contribution in [0.1, 0.15) is 52.7 Å². The second kappa shape index (κ2) is 19.7. The molecular formula is C48H102Br4Si12. The van der Waals surface area contributed by atoms with Gasteiger partial charge in [0, 0.05) is 64.6 Å². The number of halogens is 4. The minimum absolute atomic E-state index is 0.0996. The molecule has 64 heavy (non-hydrogen) atoms. The first kappa shape index (κ1) is 63.1. The monoisotopic (exact) mass is 1330 g/mol. The standard InChI is InChI=1S/C48H102Br4Si12/c1-47(2,3)39-31-35-41(36-32-39)61(43(53(7,8)9)54(10,11)12,44(55(13,14)15)56(16,17)18)63(49,50)64(51,52)62(45(57(19,20)21)58(22,23)24,46(59(25,26)27)60(28,29)30)42-37-33-40(34-38-42)48(4,5)6/h31-38,43-46H,1-30H3. The highest BCUT2D eigenvalue weighted by molar-refractivity contribution is 9.69. The fourth-order valence-electron chi connectivity index (χ4n) is 15.8. The molecule has 16 heteroatoms. The Hall–Kier alpha value is 2.96. The van der Waals surface area contributed by atoms with E-state index in [-0.39, 0.29) is 10.8 Å². The van der Waals surface area contributed by atoms with E-state index in [0.717, 1.165) is 19.2 Å². The average Bonchev–Trinajstić information content (AvgIpc) is 2.97. The van der Waals surface area contributed by atoms with E-state index in [2.05, 4.69) is 247 Å². The predicted octanol–water partition coefficient (Wildman–Crippen LogP) is 18.5. The first-order valence-electron chi connectivity index (χ1n) is 24.6. The zero-order valence-corrected chi connectivity index (χ0v) is 65.8. The molecule has 0 unspecified atom stereocenters. The Labute approximate surface area is 443 Å². The van der Waals surface area contributed by atoms with Crippen molar-refractivity contribution in [1.82, 2.24) is 0 Å². The Kier molecular flexibility index (Phi) is 19.4. The summed E-state index contributed by atoms with van der Waals surface area (Å²) in [6.07, 6.45) is 0. The molecule has 0 spiro atoms. The van der Waals surface area contributed by atoms with E-state index < -0.39 is 88.5 Å². The van der Waals surface area contributed by atoms with Gasteiger partial charge in [-0.1, -0.05) is 277 Å². The molecule has 0 fully saturated rings. The van der Waals surface area contributed by atoms with Gasteiger partial charge in [-0.25, -0.2) is 0 Å². The lowest BCUT2D eigenvalue weighted by Crippen LogP contribution is -2.93. The summed E-state index contributed by atoms with van der Waals surface area (Å²) in [7, 11) is -20.6. The Balaban J connectivity index is 4.05. The van der Waals surface area contributed by atoms with Gasteiger partial charge in [0.1, 0.15) is 15.2 Å². The third-order valence-corrected chi connectivity index (χ3v) is 205. The van der Waals surface area contributed by atoms with Crippen LogP contribution in [-0.2, 0) is 10.8 Å². The molecular weight excluding hydrogens is 1230 g/mol. The first-order valence-corrected chi connectivity index (χ1v) is 73.6. The fourth-order valence-corrected chi connectivity index (χ4v) is 306. The van der Waals surface area contributed by atoms with Crippen molar-refractivity contribution in [3.63, 3.8) is 0 Å². The summed E-state index contributed by atoms with van der Waals surface area (Å²) >= 11 is 22.2. The normalized spacial score (nSPS) is 15.9. The van der Waals surface area contributed by atoms with Crippen LogP contribution in [0.5, 0.6) is 0 Å². The molecule has 2 rings (SSSR count). The zero-order chi connectivity index (χ0) is 51.3. The van der Waals surface area contributed by atoms with Crippen molar-refractivity contribution >= 4 is 160 Å². The summed E-state index contributed by atoms with van der Waals surface area (Å²) in [5, 5.41) is 3.62. The fraction of sp³-hybridized carbons (Fsp3) is 0.750. The maximum Gasteiger partial charge on any atom is 0.208 e. The zero-order valence-electron chi connectivity index (χ0n) is 47.4. The van der Waals surface area contributed by atoms with Gasteiger partial charge in [0.2, 0.25) is 8.70 Å². The molecule has 0 saturated heterocycles. The number of hydrogen-bond donors (Lipinski definition) is 0. The highest BCUT2D eigenvalue weighted by Crippen LogP contribution is 2.67. The highest BCUT2D eigenvalue weighted by Gasteiger charge is 2.83. The number of hydrogen-bond acceptors (Lipinski definition) is 0. The summed E-state index contributed by atoms with van der Waals surface area (Å²) < 4.78 is -5.73. The molecule has 0 aliphatic heterocycles. The number of benzene rings is 2. The summed E-state index contributed by atoms with van der Waals surface area (Å²) in [5.74, 6) is 0. The Bertz CT molecular complexity index is 1620. The minimum Gasteiger partial charge on any atom is -0.116 e. The topological polar surface area (TPSA) is 0 Å². The molecule has 0 nitrogen and oxygen atoms in total. The lowest BCUT2D eigenvalue weighted by atomic mass is 9.87. The van der Waals surface area contributed by atoms with Gasteiger partial charge >= 0.3 is 0 Å². The van der Waals surface area contributed by atoms with Crippen LogP contribution in [0.4, 0.5) is 0 Å². The molecule has 0 heterocycles. The predicted molar refractivity (Wildman–Crippen MR) is 350 cm³/mol. The van der Waals surface area contributed by atoms with Gasteiger partial charge in [-0.2, -0.15) is 0 Å². The summed E-state index contributed by atoms with van der Waals surface area (Å²) in [6, 6.07) is 21.7. The van der Waals surface area contributed by atoms with E-state index in [1.165, 1.54) is 11.1 Å². The van der Waals surface area contributed by atoms with Crippen molar-refractivity contribution in [2.75, 3.05) is 0 Å². The second-order valence-electron chi connectivity index (χ2n) is 31.2. The minimum atomic E-state index is -2.86. The molecule has 370 valence electrons. The molecule has 0 bridgehead atoms. The van der Waals surface area contributed by atoms with Crippen molar-refractivity contribution < 1.29 is 0 Å². The summed E-state index contributed by atoms with van der Waals surface area (Å²) in [4.78, 5) is 3.09. The van der Waals surface area contributed by atoms with E-state index in [1.807, 2.05) is 10.4 Å². The second-order valence-corrected chi connectivity index (χ2v) is 145. The van der Waals surface area contributed by atoms with Crippen LogP contribution in [-0.4, -0.2) is 88.5 Å². The average molecular weight is 1340 g/mol. The van der Waals surface area contributed by atoms with E-state index in [4.69, 9.17) is 61.2 Å². The lowest BCUT2D eigenvalue weighted by molar-refractivity contribution is 0.590. The summed E-state index contributed by atoms with van der Waals surface area (Å²) in [6.45, 7) is 82.5. The van der Waals surface area contributed by atoms with Crippen LogP contribution in [0.2, 0.25) is 176 Å². The van der Waals surface area contributed by atoms with E-state index in [9.17, 15) is 0 Å². The Morgan fingerprint density at radius 2 is 0.422 bits per heavy atom. The highest BCUT2D eigenvalue weighted by atomic mass is 79.9. The van der Waals surface area contributed by atoms with Crippen molar-refractivity contribution in [3.05, 3.63) is 59.7 Å². The van der Waals surface area contributed by atoms with Gasteiger partial charge in [-0.05, 0) is 22.0 Å². The van der Waals surface area contributed by atoms with Crippen LogP contribution in [0.25, 0.3) is 0 Å². The molecule has 2 aromatic rings. The molecule has 0 saturated carbocycles. The Morgan fingerprint density at radius 1 is 0.281 bits per heavy atom. The smallest absolute Gasteiger partial charge is 0.116 e. The van der Waals surface area contributed by atoms with Gasteiger partial charge < -0.3 is 0 Å². The molecule has 0 N–H and O–H groups in total. The van der Waals surface area contributed by atoms with Crippen LogP contribution in [0, 0.1) is 0 Å². The molecule has 0 aliphatic rings. The van der Waals surface area contributed by atoms with Crippen molar-refractivity contribution in [1.29, 1.82) is 0 Å². The molecule has 0 radical (unpaired) electrons. The van der Waals surface area contributed by atoms with Crippen molar-refractivity contribution in [2.24, 2.45) is 0 Å². The van der Waals surface area contributed by atoms with Gasteiger partial charge in [-0.3, -0.25) is 0 Å². The maximum absolute atomic E-state index is 5.55. The van der Waals surface area contributed by atoms with Gasteiger partial charge in [0.15, 0.2) is 0 Å². The lowest BCUT2D eigenvalue weighted by Gasteiger charge is -2.70. The first-order chi connectivity index (χ1) is 27.6. The van der Waals surface area contributed by atoms with Crippen LogP contribution >= 0.6 is 61.2 Å². The molecule has 0 amide bonds. The third kappa shape index (κ3) is 12.5. The van der Waals surface area contributed by atoms with Crippen LogP contribution in [0.3, 0.4) is 0 Å². The molecule has 0 aromatic heterocycles. The van der Waals surface area contributed by atoms with E-state index in [1.54, 1.807) is 0 Å². The quantitative estimate of drug-likeness (QED) is 0.109. The maximum atomic E-state index is 5.55. The Morgan fingerprint density at radius 3 is 0.531 bits per heavy atom. The number of rotatable bonds is 17. The SMILES string of the molecule is CC(C)(C)c1ccc([Si](C([Si](C)(C)C)[Si](C)(C)C)(C([Si](C)(C)C)[Si](C)(C)C)[Si](Br)(Br)[Si](Br)(Br)[Si](c2ccc(C(C)(C)C)cc2)(C([Si](C)(C)C)[Si](C)(C)C)C([Si](C)(C)C)[Si](C)(C)C)cc1. The third-order valence-electron chi connectivity index (χ3n) is 14.6. The van der Waals surface area contributed by atoms with Crippen LogP contribution in [0.15, 0.2) is 48.5 Å². The van der Waals surface area contributed by atoms with Gasteiger partial charge in [0.05, 0.1) is 0 Å². The van der Waals surface area contributed by atoms with Gasteiger partial charge in [-0.15, -0.1) is 61.2 Å². The van der Waals surface area contributed by atoms with Crippen LogP contribution < -0.4 is 10.4 Å². The molecule has 0 atom stereocenters. The van der Waals surface area contributed by atoms with Crippen molar-refractivity contribution in [3.8, 4) is 0 Å². The van der Waals surface area contributed by atoms with E-state index >= 15 is 0 Å². The molecule has 2 aromatic carbocycles. The van der Waals surface area contributed by atoms with Gasteiger partial charge in [0.25, 0.3) is 0 Å². The molecule has 0 aliphatic carbocycles. The largest absolute Gasteiger partial charge is 0.208 e. The summed E-state index contributed by atoms with van der Waals surface area (Å²) in [5.41, 5.74) is 3.15. The van der Waals surface area contributed by atoms with E-state index in [0.29, 0.717) is 0 Å². The van der Waals surface area contributed by atoms with Crippen molar-refractivity contribution in [2.45, 2.75) is 229 Å².